The fraction of sp³-hybridized carbons (Fsp3) is 0.385. The molecule has 3 rings (SSSR count). The summed E-state index contributed by atoms with van der Waals surface area (Å²) in [5.74, 6) is 0. The van der Waals surface area contributed by atoms with Gasteiger partial charge < -0.3 is 0 Å². The Morgan fingerprint density at radius 3 is 2.79 bits per heavy atom. The molecule has 0 N–H and O–H groups in total. The van der Waals surface area contributed by atoms with Crippen molar-refractivity contribution in [3.05, 3.63) is 34.7 Å². The van der Waals surface area contributed by atoms with E-state index in [-0.39, 0.29) is 0 Å². The smallest absolute Gasteiger partial charge is 0.0348 e. The number of benzene rings is 1. The highest BCUT2D eigenvalue weighted by Crippen LogP contribution is 2.35. The summed E-state index contributed by atoms with van der Waals surface area (Å²) in [4.78, 5) is 1.66. The van der Waals surface area contributed by atoms with E-state index in [2.05, 4.69) is 24.3 Å². The van der Waals surface area contributed by atoms with Gasteiger partial charge in [-0.1, -0.05) is 24.6 Å². The Labute approximate surface area is 88.6 Å². The van der Waals surface area contributed by atoms with Crippen molar-refractivity contribution >= 4 is 21.4 Å². The lowest BCUT2D eigenvalue weighted by molar-refractivity contribution is 0.713. The van der Waals surface area contributed by atoms with E-state index in [0.29, 0.717) is 0 Å². The standard InChI is InChI=1S/C13H14S/c1-2-6-10-11-7-4-5-9-13(11)14-12(10)8-3-1/h4-5,7,9H,1-3,6,8H2. The molecule has 0 saturated carbocycles. The molecule has 0 unspecified atom stereocenters. The van der Waals surface area contributed by atoms with E-state index in [1.54, 1.807) is 10.4 Å². The summed E-state index contributed by atoms with van der Waals surface area (Å²) >= 11 is 2.01. The summed E-state index contributed by atoms with van der Waals surface area (Å²) < 4.78 is 1.49. The van der Waals surface area contributed by atoms with Crippen LogP contribution in [0.3, 0.4) is 0 Å². The molecule has 1 aliphatic rings. The van der Waals surface area contributed by atoms with Gasteiger partial charge in [0.15, 0.2) is 0 Å². The second-order valence-corrected chi connectivity index (χ2v) is 5.20. The fourth-order valence-electron chi connectivity index (χ4n) is 2.39. The SMILES string of the molecule is c1ccc2c3c(sc2c1)CCCCC3. The topological polar surface area (TPSA) is 0 Å². The van der Waals surface area contributed by atoms with E-state index in [0.717, 1.165) is 0 Å². The zero-order valence-electron chi connectivity index (χ0n) is 8.25. The van der Waals surface area contributed by atoms with Gasteiger partial charge in [0.2, 0.25) is 0 Å². The third-order valence-corrected chi connectivity index (χ3v) is 4.39. The van der Waals surface area contributed by atoms with Gasteiger partial charge >= 0.3 is 0 Å². The molecule has 1 heteroatoms. The summed E-state index contributed by atoms with van der Waals surface area (Å²) in [5, 5.41) is 1.52. The maximum Gasteiger partial charge on any atom is 0.0348 e. The number of hydrogen-bond acceptors (Lipinski definition) is 1. The fourth-order valence-corrected chi connectivity index (χ4v) is 3.68. The largest absolute Gasteiger partial charge is 0.140 e. The zero-order valence-corrected chi connectivity index (χ0v) is 9.07. The summed E-state index contributed by atoms with van der Waals surface area (Å²) in [7, 11) is 0. The van der Waals surface area contributed by atoms with Crippen LogP contribution in [0.4, 0.5) is 0 Å². The number of hydrogen-bond donors (Lipinski definition) is 0. The van der Waals surface area contributed by atoms with Crippen molar-refractivity contribution in [3.8, 4) is 0 Å². The Hall–Kier alpha value is -0.820. The molecule has 1 aromatic carbocycles. The van der Waals surface area contributed by atoms with Crippen LogP contribution in [-0.2, 0) is 12.8 Å². The van der Waals surface area contributed by atoms with E-state index in [1.807, 2.05) is 11.3 Å². The molecule has 1 heterocycles. The number of rotatable bonds is 0. The molecule has 0 fully saturated rings. The zero-order chi connectivity index (χ0) is 9.38. The van der Waals surface area contributed by atoms with Gasteiger partial charge in [0.25, 0.3) is 0 Å². The van der Waals surface area contributed by atoms with E-state index in [4.69, 9.17) is 0 Å². The van der Waals surface area contributed by atoms with Crippen LogP contribution in [0.15, 0.2) is 24.3 Å². The predicted octanol–water partition coefficient (Wildman–Crippen LogP) is 4.17. The molecule has 0 amide bonds. The number of fused-ring (bicyclic) bond motifs is 3. The van der Waals surface area contributed by atoms with Crippen molar-refractivity contribution in [2.24, 2.45) is 0 Å². The Morgan fingerprint density at radius 2 is 1.79 bits per heavy atom. The summed E-state index contributed by atoms with van der Waals surface area (Å²) in [5.41, 5.74) is 1.66. The minimum atomic E-state index is 1.30. The van der Waals surface area contributed by atoms with Crippen LogP contribution in [0.2, 0.25) is 0 Å². The van der Waals surface area contributed by atoms with E-state index < -0.39 is 0 Å². The third-order valence-electron chi connectivity index (χ3n) is 3.11. The molecular weight excluding hydrogens is 188 g/mol. The van der Waals surface area contributed by atoms with Crippen LogP contribution in [-0.4, -0.2) is 0 Å². The van der Waals surface area contributed by atoms with Gasteiger partial charge in [-0.05, 0) is 42.7 Å². The first-order valence-electron chi connectivity index (χ1n) is 5.44. The summed E-state index contributed by atoms with van der Waals surface area (Å²) in [6, 6.07) is 8.86. The van der Waals surface area contributed by atoms with Gasteiger partial charge in [0.1, 0.15) is 0 Å². The van der Waals surface area contributed by atoms with Gasteiger partial charge in [0.05, 0.1) is 0 Å². The lowest BCUT2D eigenvalue weighted by Gasteiger charge is -1.97. The molecule has 1 aromatic heterocycles. The van der Waals surface area contributed by atoms with Crippen molar-refractivity contribution in [2.75, 3.05) is 0 Å². The predicted molar refractivity (Wildman–Crippen MR) is 63.1 cm³/mol. The lowest BCUT2D eigenvalue weighted by Crippen LogP contribution is -1.83. The highest BCUT2D eigenvalue weighted by Gasteiger charge is 2.13. The molecular formula is C13H14S. The summed E-state index contributed by atoms with van der Waals surface area (Å²) in [6.07, 6.45) is 6.80. The van der Waals surface area contributed by atoms with Crippen LogP contribution in [0.1, 0.15) is 29.7 Å². The van der Waals surface area contributed by atoms with E-state index in [9.17, 15) is 0 Å². The monoisotopic (exact) mass is 202 g/mol. The molecule has 72 valence electrons. The van der Waals surface area contributed by atoms with Gasteiger partial charge in [0, 0.05) is 9.58 Å². The van der Waals surface area contributed by atoms with Crippen LogP contribution < -0.4 is 0 Å². The number of thiophene rings is 1. The van der Waals surface area contributed by atoms with E-state index in [1.165, 1.54) is 42.2 Å². The molecule has 1 aliphatic carbocycles. The minimum Gasteiger partial charge on any atom is -0.140 e. The van der Waals surface area contributed by atoms with Crippen LogP contribution >= 0.6 is 11.3 Å². The van der Waals surface area contributed by atoms with Crippen molar-refractivity contribution in [3.63, 3.8) is 0 Å². The first kappa shape index (κ1) is 8.49. The molecule has 0 atom stereocenters. The molecule has 0 nitrogen and oxygen atoms in total. The number of aryl methyl sites for hydroxylation is 2. The molecule has 0 aliphatic heterocycles. The van der Waals surface area contributed by atoms with Gasteiger partial charge in [-0.3, -0.25) is 0 Å². The van der Waals surface area contributed by atoms with Crippen LogP contribution in [0.5, 0.6) is 0 Å². The van der Waals surface area contributed by atoms with Gasteiger partial charge in [-0.2, -0.15) is 0 Å². The second kappa shape index (κ2) is 3.39. The van der Waals surface area contributed by atoms with Crippen molar-refractivity contribution < 1.29 is 0 Å². The highest BCUT2D eigenvalue weighted by molar-refractivity contribution is 7.19. The Balaban J connectivity index is 2.24. The second-order valence-electron chi connectivity index (χ2n) is 4.06. The minimum absolute atomic E-state index is 1.30. The first-order chi connectivity index (χ1) is 6.95. The van der Waals surface area contributed by atoms with Crippen LogP contribution in [0.25, 0.3) is 10.1 Å². The average molecular weight is 202 g/mol. The normalized spacial score (nSPS) is 16.6. The van der Waals surface area contributed by atoms with E-state index >= 15 is 0 Å². The van der Waals surface area contributed by atoms with Crippen molar-refractivity contribution in [2.45, 2.75) is 32.1 Å². The average Bonchev–Trinajstić information content (AvgIpc) is 2.42. The van der Waals surface area contributed by atoms with Gasteiger partial charge in [-0.15, -0.1) is 11.3 Å². The Bertz CT molecular complexity index is 453. The Kier molecular flexibility index (Phi) is 2.06. The quantitative estimate of drug-likeness (QED) is 0.562. The molecule has 2 aromatic rings. The first-order valence-corrected chi connectivity index (χ1v) is 6.26. The molecule has 0 saturated heterocycles. The lowest BCUT2D eigenvalue weighted by atomic mass is 10.1. The highest BCUT2D eigenvalue weighted by atomic mass is 32.1. The van der Waals surface area contributed by atoms with Crippen LogP contribution in [0, 0.1) is 0 Å². The maximum absolute atomic E-state index is 2.29. The third kappa shape index (κ3) is 1.27. The molecule has 0 radical (unpaired) electrons. The van der Waals surface area contributed by atoms with Crippen molar-refractivity contribution in [1.29, 1.82) is 0 Å². The van der Waals surface area contributed by atoms with Crippen molar-refractivity contribution in [1.82, 2.24) is 0 Å². The molecule has 14 heavy (non-hydrogen) atoms. The Morgan fingerprint density at radius 1 is 0.929 bits per heavy atom. The van der Waals surface area contributed by atoms with Gasteiger partial charge in [-0.25, -0.2) is 0 Å². The maximum atomic E-state index is 2.29. The summed E-state index contributed by atoms with van der Waals surface area (Å²) in [6.45, 7) is 0. The molecule has 0 bridgehead atoms. The molecule has 0 spiro atoms.